The third-order valence-corrected chi connectivity index (χ3v) is 5.23. The van der Waals surface area contributed by atoms with Gasteiger partial charge in [-0.2, -0.15) is 0 Å². The third-order valence-electron chi connectivity index (χ3n) is 5.23. The Balaban J connectivity index is 1.95. The molecular formula is C20H21N3O3. The van der Waals surface area contributed by atoms with E-state index >= 15 is 0 Å². The van der Waals surface area contributed by atoms with Gasteiger partial charge in [-0.3, -0.25) is 19.6 Å². The number of carbonyl (C=O) groups is 1. The van der Waals surface area contributed by atoms with Crippen LogP contribution in [0, 0.1) is 0 Å². The number of ketones is 1. The smallest absolute Gasteiger partial charge is 0.327 e. The summed E-state index contributed by atoms with van der Waals surface area (Å²) in [6, 6.07) is 8.03. The van der Waals surface area contributed by atoms with E-state index in [0.717, 1.165) is 24.1 Å². The van der Waals surface area contributed by atoms with Crippen LogP contribution in [0.3, 0.4) is 0 Å². The van der Waals surface area contributed by atoms with Crippen LogP contribution in [-0.2, 0) is 4.79 Å². The number of hydrogen-bond acceptors (Lipinski definition) is 4. The minimum atomic E-state index is -0.554. The molecule has 0 spiro atoms. The Morgan fingerprint density at radius 2 is 1.73 bits per heavy atom. The van der Waals surface area contributed by atoms with Gasteiger partial charge in [0.15, 0.2) is 5.78 Å². The van der Waals surface area contributed by atoms with Crippen molar-refractivity contribution in [2.45, 2.75) is 44.9 Å². The van der Waals surface area contributed by atoms with Crippen LogP contribution < -0.4 is 16.6 Å². The molecule has 1 aliphatic heterocycles. The molecular weight excluding hydrogens is 330 g/mol. The highest BCUT2D eigenvalue weighted by atomic mass is 16.2. The first kappa shape index (κ1) is 16.6. The summed E-state index contributed by atoms with van der Waals surface area (Å²) in [4.78, 5) is 42.0. The Morgan fingerprint density at radius 3 is 2.42 bits per heavy atom. The molecule has 0 saturated carbocycles. The zero-order chi connectivity index (χ0) is 18.4. The number of H-pyrrole nitrogens is 2. The summed E-state index contributed by atoms with van der Waals surface area (Å²) in [6.07, 6.45) is 1.99. The highest BCUT2D eigenvalue weighted by molar-refractivity contribution is 6.00. The highest BCUT2D eigenvalue weighted by Crippen LogP contribution is 2.42. The lowest BCUT2D eigenvalue weighted by Gasteiger charge is -2.32. The molecule has 0 amide bonds. The first-order valence-electron chi connectivity index (χ1n) is 8.95. The molecule has 6 nitrogen and oxygen atoms in total. The van der Waals surface area contributed by atoms with E-state index in [-0.39, 0.29) is 5.78 Å². The Bertz CT molecular complexity index is 1030. The number of rotatable bonds is 2. The van der Waals surface area contributed by atoms with E-state index in [9.17, 15) is 14.4 Å². The van der Waals surface area contributed by atoms with Crippen molar-refractivity contribution in [2.75, 3.05) is 5.32 Å². The van der Waals surface area contributed by atoms with Crippen LogP contribution in [0.25, 0.3) is 0 Å². The quantitative estimate of drug-likeness (QED) is 0.775. The molecule has 3 N–H and O–H groups in total. The summed E-state index contributed by atoms with van der Waals surface area (Å²) in [6.45, 7) is 4.24. The second kappa shape index (κ2) is 6.12. The van der Waals surface area contributed by atoms with E-state index in [1.165, 1.54) is 5.56 Å². The maximum absolute atomic E-state index is 12.7. The number of fused-ring (bicyclic) bond motifs is 1. The largest absolute Gasteiger partial charge is 0.344 e. The predicted molar refractivity (Wildman–Crippen MR) is 99.6 cm³/mol. The number of carbonyl (C=O) groups excluding carboxylic acids is 1. The van der Waals surface area contributed by atoms with Crippen molar-refractivity contribution in [3.8, 4) is 0 Å². The van der Waals surface area contributed by atoms with Gasteiger partial charge in [0.2, 0.25) is 0 Å². The normalized spacial score (nSPS) is 19.2. The SMILES string of the molecule is CC(C)c1ccc(C2C3=C(CCCC3=O)Nc3[nH]c(=O)[nH]c(=O)c32)cc1. The molecule has 2 heterocycles. The zero-order valence-electron chi connectivity index (χ0n) is 14.8. The summed E-state index contributed by atoms with van der Waals surface area (Å²) in [5.41, 5.74) is 2.93. The van der Waals surface area contributed by atoms with Crippen molar-refractivity contribution >= 4 is 11.6 Å². The number of benzene rings is 1. The number of hydrogen-bond donors (Lipinski definition) is 3. The minimum absolute atomic E-state index is 0.0629. The van der Waals surface area contributed by atoms with Crippen molar-refractivity contribution in [1.29, 1.82) is 0 Å². The van der Waals surface area contributed by atoms with Crippen molar-refractivity contribution < 1.29 is 4.79 Å². The number of aromatic amines is 2. The van der Waals surface area contributed by atoms with Gasteiger partial charge >= 0.3 is 5.69 Å². The van der Waals surface area contributed by atoms with Gasteiger partial charge in [0.1, 0.15) is 5.82 Å². The van der Waals surface area contributed by atoms with Gasteiger partial charge < -0.3 is 5.32 Å². The molecule has 2 aliphatic rings. The maximum atomic E-state index is 12.7. The summed E-state index contributed by atoms with van der Waals surface area (Å²) in [5.74, 6) is 0.393. The van der Waals surface area contributed by atoms with E-state index in [1.807, 2.05) is 24.3 Å². The highest BCUT2D eigenvalue weighted by Gasteiger charge is 2.37. The lowest BCUT2D eigenvalue weighted by molar-refractivity contribution is -0.116. The van der Waals surface area contributed by atoms with Crippen molar-refractivity contribution in [2.24, 2.45) is 0 Å². The molecule has 1 aromatic carbocycles. The van der Waals surface area contributed by atoms with Crippen LogP contribution in [0.5, 0.6) is 0 Å². The molecule has 0 saturated heterocycles. The first-order chi connectivity index (χ1) is 12.5. The van der Waals surface area contributed by atoms with E-state index in [0.29, 0.717) is 29.3 Å². The van der Waals surface area contributed by atoms with Gasteiger partial charge in [0.25, 0.3) is 5.56 Å². The standard InChI is InChI=1S/C20H21N3O3/c1-10(2)11-6-8-12(9-7-11)15-16-13(4-3-5-14(16)24)21-18-17(15)19(25)23-20(26)22-18/h6-10,15H,3-5H2,1-2H3,(H3,21,22,23,25,26). The van der Waals surface area contributed by atoms with Crippen LogP contribution in [-0.4, -0.2) is 15.8 Å². The van der Waals surface area contributed by atoms with Crippen LogP contribution in [0.4, 0.5) is 5.82 Å². The van der Waals surface area contributed by atoms with Crippen LogP contribution in [0.1, 0.15) is 61.6 Å². The van der Waals surface area contributed by atoms with Gasteiger partial charge in [0, 0.05) is 23.6 Å². The second-order valence-electron chi connectivity index (χ2n) is 7.25. The third kappa shape index (κ3) is 2.62. The number of anilines is 1. The van der Waals surface area contributed by atoms with Gasteiger partial charge in [-0.1, -0.05) is 38.1 Å². The topological polar surface area (TPSA) is 94.8 Å². The summed E-state index contributed by atoms with van der Waals surface area (Å²) in [7, 11) is 0. The Labute approximate surface area is 150 Å². The Hall–Kier alpha value is -2.89. The molecule has 0 bridgehead atoms. The number of Topliss-reactive ketones (excluding diaryl/α,β-unsaturated/α-hetero) is 1. The molecule has 26 heavy (non-hydrogen) atoms. The average molecular weight is 351 g/mol. The van der Waals surface area contributed by atoms with E-state index < -0.39 is 17.2 Å². The van der Waals surface area contributed by atoms with Crippen molar-refractivity contribution in [1.82, 2.24) is 9.97 Å². The molecule has 1 atom stereocenters. The molecule has 1 unspecified atom stereocenters. The van der Waals surface area contributed by atoms with Gasteiger partial charge in [0.05, 0.1) is 5.56 Å². The van der Waals surface area contributed by atoms with Gasteiger partial charge in [-0.05, 0) is 29.9 Å². The molecule has 0 fully saturated rings. The second-order valence-corrected chi connectivity index (χ2v) is 7.25. The van der Waals surface area contributed by atoms with Crippen molar-refractivity contribution in [3.63, 3.8) is 0 Å². The van der Waals surface area contributed by atoms with Crippen molar-refractivity contribution in [3.05, 3.63) is 73.1 Å². The fourth-order valence-electron chi connectivity index (χ4n) is 3.90. The number of allylic oxidation sites excluding steroid dienone is 2. The molecule has 6 heteroatoms. The van der Waals surface area contributed by atoms with Gasteiger partial charge in [-0.25, -0.2) is 4.79 Å². The lowest BCUT2D eigenvalue weighted by Crippen LogP contribution is -2.36. The Kier molecular flexibility index (Phi) is 3.90. The molecule has 2 aromatic rings. The fourth-order valence-corrected chi connectivity index (χ4v) is 3.90. The molecule has 4 rings (SSSR count). The fraction of sp³-hybridized carbons (Fsp3) is 0.350. The van der Waals surface area contributed by atoms with E-state index in [2.05, 4.69) is 29.1 Å². The number of nitrogens with one attached hydrogen (secondary N) is 3. The minimum Gasteiger partial charge on any atom is -0.344 e. The summed E-state index contributed by atoms with van der Waals surface area (Å²) >= 11 is 0. The van der Waals surface area contributed by atoms with E-state index in [4.69, 9.17) is 0 Å². The van der Waals surface area contributed by atoms with E-state index in [1.54, 1.807) is 0 Å². The lowest BCUT2D eigenvalue weighted by atomic mass is 9.76. The van der Waals surface area contributed by atoms with Crippen LogP contribution in [0.15, 0.2) is 45.1 Å². The monoisotopic (exact) mass is 351 g/mol. The Morgan fingerprint density at radius 1 is 1.00 bits per heavy atom. The molecule has 134 valence electrons. The molecule has 1 aromatic heterocycles. The van der Waals surface area contributed by atoms with Crippen LogP contribution in [0.2, 0.25) is 0 Å². The molecule has 1 aliphatic carbocycles. The molecule has 0 radical (unpaired) electrons. The number of aromatic nitrogens is 2. The maximum Gasteiger partial charge on any atom is 0.327 e. The first-order valence-corrected chi connectivity index (χ1v) is 8.95. The summed E-state index contributed by atoms with van der Waals surface area (Å²) < 4.78 is 0. The zero-order valence-corrected chi connectivity index (χ0v) is 14.8. The summed E-state index contributed by atoms with van der Waals surface area (Å²) in [5, 5.41) is 3.12. The van der Waals surface area contributed by atoms with Crippen LogP contribution >= 0.6 is 0 Å². The van der Waals surface area contributed by atoms with Gasteiger partial charge in [-0.15, -0.1) is 0 Å². The predicted octanol–water partition coefficient (Wildman–Crippen LogP) is 2.75. The average Bonchev–Trinajstić information content (AvgIpc) is 2.60.